The van der Waals surface area contributed by atoms with E-state index in [9.17, 15) is 14.4 Å². The first-order chi connectivity index (χ1) is 18.2. The van der Waals surface area contributed by atoms with E-state index in [0.29, 0.717) is 30.1 Å². The van der Waals surface area contributed by atoms with Gasteiger partial charge in [0.15, 0.2) is 0 Å². The minimum Gasteiger partial charge on any atom is -0.444 e. The molecule has 2 unspecified atom stereocenters. The van der Waals surface area contributed by atoms with Crippen molar-refractivity contribution >= 4 is 35.2 Å². The maximum Gasteiger partial charge on any atom is 0.408 e. The standard InChI is InChI=1S/C31H44ClN3O4/c1-10-17-35(29(37)24(18-19(2)3)33-30(38)39-31(7,8)9)27(25-20(4)13-11-14-21(25)5)28(36)34-26-22(6)15-12-16-23(26)32/h11-16,19,24,27H,10,17-18H2,1-9H3,(H,33,38)(H,34,36). The molecular weight excluding hydrogens is 514 g/mol. The third kappa shape index (κ3) is 8.99. The average Bonchev–Trinajstić information content (AvgIpc) is 2.80. The fraction of sp³-hybridized carbons (Fsp3) is 0.516. The summed E-state index contributed by atoms with van der Waals surface area (Å²) in [7, 11) is 0. The fourth-order valence-corrected chi connectivity index (χ4v) is 4.89. The van der Waals surface area contributed by atoms with Gasteiger partial charge in [-0.1, -0.05) is 62.7 Å². The van der Waals surface area contributed by atoms with Gasteiger partial charge in [0.05, 0.1) is 10.7 Å². The summed E-state index contributed by atoms with van der Waals surface area (Å²) < 4.78 is 5.46. The number of carbonyl (C=O) groups is 3. The number of alkyl carbamates (subject to hydrolysis) is 1. The van der Waals surface area contributed by atoms with E-state index in [-0.39, 0.29) is 17.7 Å². The summed E-state index contributed by atoms with van der Waals surface area (Å²) >= 11 is 6.45. The summed E-state index contributed by atoms with van der Waals surface area (Å²) in [5, 5.41) is 6.20. The summed E-state index contributed by atoms with van der Waals surface area (Å²) in [6.07, 6.45) is 0.341. The maximum absolute atomic E-state index is 14.2. The molecule has 0 aliphatic heterocycles. The lowest BCUT2D eigenvalue weighted by molar-refractivity contribution is -0.141. The third-order valence-corrected chi connectivity index (χ3v) is 6.60. The van der Waals surface area contributed by atoms with Gasteiger partial charge in [0, 0.05) is 6.54 Å². The molecule has 0 aliphatic rings. The van der Waals surface area contributed by atoms with E-state index >= 15 is 0 Å². The first-order valence-electron chi connectivity index (χ1n) is 13.6. The van der Waals surface area contributed by atoms with Crippen molar-refractivity contribution < 1.29 is 19.1 Å². The van der Waals surface area contributed by atoms with E-state index in [0.717, 1.165) is 22.3 Å². The molecule has 3 amide bonds. The molecule has 7 nitrogen and oxygen atoms in total. The molecule has 0 aliphatic carbocycles. The summed E-state index contributed by atoms with van der Waals surface area (Å²) in [4.78, 5) is 42.7. The van der Waals surface area contributed by atoms with Gasteiger partial charge in [0.2, 0.25) is 5.91 Å². The van der Waals surface area contributed by atoms with Crippen LogP contribution in [0.4, 0.5) is 10.5 Å². The Bertz CT molecular complexity index is 1130. The zero-order chi connectivity index (χ0) is 29.5. The van der Waals surface area contributed by atoms with E-state index in [1.807, 2.05) is 71.9 Å². The molecule has 0 bridgehead atoms. The Morgan fingerprint density at radius 2 is 1.54 bits per heavy atom. The van der Waals surface area contributed by atoms with Gasteiger partial charge in [-0.15, -0.1) is 0 Å². The molecule has 0 radical (unpaired) electrons. The van der Waals surface area contributed by atoms with E-state index in [1.165, 1.54) is 0 Å². The molecule has 0 saturated heterocycles. The predicted octanol–water partition coefficient (Wildman–Crippen LogP) is 7.12. The smallest absolute Gasteiger partial charge is 0.408 e. The Balaban J connectivity index is 2.61. The van der Waals surface area contributed by atoms with Crippen molar-refractivity contribution in [2.75, 3.05) is 11.9 Å². The molecule has 214 valence electrons. The Morgan fingerprint density at radius 3 is 2.05 bits per heavy atom. The van der Waals surface area contributed by atoms with Crippen molar-refractivity contribution in [3.8, 4) is 0 Å². The molecule has 39 heavy (non-hydrogen) atoms. The second kappa shape index (κ2) is 13.8. The number of nitrogens with one attached hydrogen (secondary N) is 2. The number of para-hydroxylation sites is 1. The molecular formula is C31H44ClN3O4. The predicted molar refractivity (Wildman–Crippen MR) is 158 cm³/mol. The van der Waals surface area contributed by atoms with E-state index < -0.39 is 23.8 Å². The van der Waals surface area contributed by atoms with Crippen LogP contribution in [0, 0.1) is 26.7 Å². The molecule has 0 saturated carbocycles. The quantitative estimate of drug-likeness (QED) is 0.325. The summed E-state index contributed by atoms with van der Waals surface area (Å²) in [5.41, 5.74) is 3.14. The first-order valence-corrected chi connectivity index (χ1v) is 14.0. The third-order valence-electron chi connectivity index (χ3n) is 6.29. The van der Waals surface area contributed by atoms with Crippen molar-refractivity contribution in [3.63, 3.8) is 0 Å². The molecule has 0 fully saturated rings. The highest BCUT2D eigenvalue weighted by molar-refractivity contribution is 6.34. The number of nitrogens with zero attached hydrogens (tertiary/aromatic N) is 1. The SMILES string of the molecule is CCCN(C(=O)C(CC(C)C)NC(=O)OC(C)(C)C)C(C(=O)Nc1c(C)cccc1Cl)c1c(C)cccc1C. The summed E-state index contributed by atoms with van der Waals surface area (Å²) in [6, 6.07) is 9.40. The highest BCUT2D eigenvalue weighted by Gasteiger charge is 2.37. The number of halogens is 1. The first kappa shape index (κ1) is 32.2. The van der Waals surface area contributed by atoms with Gasteiger partial charge in [0.1, 0.15) is 17.7 Å². The second-order valence-electron chi connectivity index (χ2n) is 11.5. The van der Waals surface area contributed by atoms with Crippen LogP contribution in [0.15, 0.2) is 36.4 Å². The number of hydrogen-bond acceptors (Lipinski definition) is 4. The van der Waals surface area contributed by atoms with Crippen LogP contribution >= 0.6 is 11.6 Å². The number of ether oxygens (including phenoxy) is 1. The molecule has 2 aromatic rings. The minimum absolute atomic E-state index is 0.107. The van der Waals surface area contributed by atoms with Crippen LogP contribution in [0.2, 0.25) is 5.02 Å². The molecule has 2 N–H and O–H groups in total. The molecule has 2 rings (SSSR count). The van der Waals surface area contributed by atoms with Crippen LogP contribution in [-0.4, -0.2) is 41.0 Å². The van der Waals surface area contributed by atoms with Crippen molar-refractivity contribution in [1.82, 2.24) is 10.2 Å². The minimum atomic E-state index is -0.940. The van der Waals surface area contributed by atoms with Crippen LogP contribution < -0.4 is 10.6 Å². The molecule has 2 aromatic carbocycles. The van der Waals surface area contributed by atoms with Crippen LogP contribution in [0.3, 0.4) is 0 Å². The highest BCUT2D eigenvalue weighted by Crippen LogP contribution is 2.32. The number of amides is 3. The lowest BCUT2D eigenvalue weighted by Gasteiger charge is -2.36. The number of rotatable bonds is 10. The van der Waals surface area contributed by atoms with Crippen molar-refractivity contribution in [2.45, 2.75) is 92.8 Å². The monoisotopic (exact) mass is 557 g/mol. The van der Waals surface area contributed by atoms with Crippen molar-refractivity contribution in [1.29, 1.82) is 0 Å². The van der Waals surface area contributed by atoms with Gasteiger partial charge in [-0.2, -0.15) is 0 Å². The van der Waals surface area contributed by atoms with Crippen molar-refractivity contribution in [3.05, 3.63) is 63.7 Å². The number of carbonyl (C=O) groups excluding carboxylic acids is 3. The number of hydrogen-bond donors (Lipinski definition) is 2. The summed E-state index contributed by atoms with van der Waals surface area (Å²) in [6.45, 7) is 17.3. The fourth-order valence-electron chi connectivity index (χ4n) is 4.62. The average molecular weight is 558 g/mol. The van der Waals surface area contributed by atoms with Gasteiger partial charge in [-0.3, -0.25) is 9.59 Å². The Labute approximate surface area is 238 Å². The van der Waals surface area contributed by atoms with Crippen LogP contribution in [0.5, 0.6) is 0 Å². The Kier molecular flexibility index (Phi) is 11.4. The van der Waals surface area contributed by atoms with Gasteiger partial charge in [0.25, 0.3) is 5.91 Å². The molecule has 2 atom stereocenters. The molecule has 0 aromatic heterocycles. The van der Waals surface area contributed by atoms with Crippen LogP contribution in [0.25, 0.3) is 0 Å². The van der Waals surface area contributed by atoms with E-state index in [1.54, 1.807) is 31.7 Å². The highest BCUT2D eigenvalue weighted by atomic mass is 35.5. The van der Waals surface area contributed by atoms with Gasteiger partial charge >= 0.3 is 6.09 Å². The van der Waals surface area contributed by atoms with Gasteiger partial charge in [-0.05, 0) is 88.6 Å². The lowest BCUT2D eigenvalue weighted by Crippen LogP contribution is -2.53. The zero-order valence-corrected chi connectivity index (χ0v) is 25.5. The van der Waals surface area contributed by atoms with Gasteiger partial charge in [-0.25, -0.2) is 4.79 Å². The maximum atomic E-state index is 14.2. The Morgan fingerprint density at radius 1 is 0.974 bits per heavy atom. The topological polar surface area (TPSA) is 87.7 Å². The van der Waals surface area contributed by atoms with E-state index in [2.05, 4.69) is 10.6 Å². The zero-order valence-electron chi connectivity index (χ0n) is 24.8. The molecule has 0 spiro atoms. The van der Waals surface area contributed by atoms with Crippen molar-refractivity contribution in [2.24, 2.45) is 5.92 Å². The number of anilines is 1. The van der Waals surface area contributed by atoms with Crippen LogP contribution in [-0.2, 0) is 14.3 Å². The number of benzene rings is 2. The lowest BCUT2D eigenvalue weighted by atomic mass is 9.92. The van der Waals surface area contributed by atoms with E-state index in [4.69, 9.17) is 16.3 Å². The number of aryl methyl sites for hydroxylation is 3. The van der Waals surface area contributed by atoms with Crippen LogP contribution in [0.1, 0.15) is 82.7 Å². The second-order valence-corrected chi connectivity index (χ2v) is 11.9. The molecule has 0 heterocycles. The van der Waals surface area contributed by atoms with Gasteiger partial charge < -0.3 is 20.3 Å². The Hall–Kier alpha value is -3.06. The summed E-state index contributed by atoms with van der Waals surface area (Å²) in [5.74, 6) is -0.600. The molecule has 8 heteroatoms. The largest absolute Gasteiger partial charge is 0.444 e. The normalized spacial score (nSPS) is 13.0.